The van der Waals surface area contributed by atoms with Gasteiger partial charge in [-0.05, 0) is 41.5 Å². The summed E-state index contributed by atoms with van der Waals surface area (Å²) in [5.74, 6) is -2.80. The minimum atomic E-state index is -4.09. The fraction of sp³-hybridized carbons (Fsp3) is 0.130. The van der Waals surface area contributed by atoms with Gasteiger partial charge in [-0.1, -0.05) is 36.4 Å². The van der Waals surface area contributed by atoms with Crippen LogP contribution in [0.3, 0.4) is 0 Å². The van der Waals surface area contributed by atoms with Gasteiger partial charge in [-0.3, -0.25) is 4.79 Å². The molecule has 7 nitrogen and oxygen atoms in total. The van der Waals surface area contributed by atoms with E-state index in [1.807, 2.05) is 48.5 Å². The maximum absolute atomic E-state index is 13.4. The van der Waals surface area contributed by atoms with E-state index in [-0.39, 0.29) is 18.9 Å². The monoisotopic (exact) mass is 470 g/mol. The van der Waals surface area contributed by atoms with Crippen LogP contribution in [-0.4, -0.2) is 30.8 Å². The highest BCUT2D eigenvalue weighted by Gasteiger charge is 2.20. The summed E-state index contributed by atoms with van der Waals surface area (Å²) < 4.78 is 53.3. The molecule has 0 saturated carbocycles. The van der Waals surface area contributed by atoms with Crippen LogP contribution in [0.2, 0.25) is 0 Å². The standard InChI is InChI=1S/C23H20F2N4O3S/c24-18-8-7-17(13-19(18)25)33(31,32)28-11-10-22(30)29-23(15-4-2-1-3-5-15)16-6-9-20-21(12-16)27-14-26-20/h1-9,12-14,23,28H,10-11H2,(H,26,27)(H,29,30). The van der Waals surface area contributed by atoms with Gasteiger partial charge in [-0.25, -0.2) is 26.9 Å². The quantitative estimate of drug-likeness (QED) is 0.367. The van der Waals surface area contributed by atoms with Gasteiger partial charge in [0.2, 0.25) is 15.9 Å². The number of rotatable bonds is 8. The molecule has 3 N–H and O–H groups in total. The lowest BCUT2D eigenvalue weighted by Gasteiger charge is -2.20. The smallest absolute Gasteiger partial charge is 0.240 e. The van der Waals surface area contributed by atoms with Crippen molar-refractivity contribution in [2.45, 2.75) is 17.4 Å². The van der Waals surface area contributed by atoms with Crippen molar-refractivity contribution in [2.75, 3.05) is 6.54 Å². The molecule has 170 valence electrons. The lowest BCUT2D eigenvalue weighted by Crippen LogP contribution is -2.33. The number of carbonyl (C=O) groups excluding carboxylic acids is 1. The van der Waals surface area contributed by atoms with Crippen molar-refractivity contribution in [2.24, 2.45) is 0 Å². The molecule has 0 bridgehead atoms. The zero-order chi connectivity index (χ0) is 23.4. The molecule has 1 unspecified atom stereocenters. The molecule has 0 aliphatic rings. The lowest BCUT2D eigenvalue weighted by atomic mass is 9.98. The largest absolute Gasteiger partial charge is 0.345 e. The summed E-state index contributed by atoms with van der Waals surface area (Å²) in [5, 5.41) is 2.93. The molecule has 3 aromatic carbocycles. The van der Waals surface area contributed by atoms with Crippen LogP contribution < -0.4 is 10.0 Å². The number of amides is 1. The molecule has 0 saturated heterocycles. The average Bonchev–Trinajstić information content (AvgIpc) is 3.27. The number of nitrogens with zero attached hydrogens (tertiary/aromatic N) is 1. The number of halogens is 2. The summed E-state index contributed by atoms with van der Waals surface area (Å²) in [4.78, 5) is 19.5. The Morgan fingerprint density at radius 2 is 1.76 bits per heavy atom. The molecular formula is C23H20F2N4O3S. The summed E-state index contributed by atoms with van der Waals surface area (Å²) >= 11 is 0. The number of benzene rings is 3. The molecule has 0 radical (unpaired) electrons. The van der Waals surface area contributed by atoms with Crippen molar-refractivity contribution in [3.63, 3.8) is 0 Å². The second kappa shape index (κ2) is 9.47. The molecule has 1 aromatic heterocycles. The van der Waals surface area contributed by atoms with Gasteiger partial charge in [-0.15, -0.1) is 0 Å². The lowest BCUT2D eigenvalue weighted by molar-refractivity contribution is -0.121. The Balaban J connectivity index is 1.45. The second-order valence-corrected chi connectivity index (χ2v) is 9.08. The third-order valence-electron chi connectivity index (χ3n) is 5.06. The highest BCUT2D eigenvalue weighted by molar-refractivity contribution is 7.89. The fourth-order valence-corrected chi connectivity index (χ4v) is 4.44. The molecule has 4 rings (SSSR count). The predicted octanol–water partition coefficient (Wildman–Crippen LogP) is 3.42. The van der Waals surface area contributed by atoms with Crippen molar-refractivity contribution in [3.05, 3.63) is 95.8 Å². The van der Waals surface area contributed by atoms with Crippen LogP contribution >= 0.6 is 0 Å². The zero-order valence-corrected chi connectivity index (χ0v) is 18.1. The van der Waals surface area contributed by atoms with E-state index in [0.717, 1.165) is 34.3 Å². The summed E-state index contributed by atoms with van der Waals surface area (Å²) in [5.41, 5.74) is 3.30. The number of H-pyrrole nitrogens is 1. The van der Waals surface area contributed by atoms with E-state index >= 15 is 0 Å². The summed E-state index contributed by atoms with van der Waals surface area (Å²) in [7, 11) is -4.09. The molecule has 1 atom stereocenters. The molecule has 33 heavy (non-hydrogen) atoms. The van der Waals surface area contributed by atoms with Crippen LogP contribution in [0, 0.1) is 11.6 Å². The number of hydrogen-bond acceptors (Lipinski definition) is 4. The first-order valence-electron chi connectivity index (χ1n) is 10.1. The van der Waals surface area contributed by atoms with Gasteiger partial charge in [-0.2, -0.15) is 0 Å². The zero-order valence-electron chi connectivity index (χ0n) is 17.3. The van der Waals surface area contributed by atoms with Crippen molar-refractivity contribution >= 4 is 27.0 Å². The third kappa shape index (κ3) is 5.24. The van der Waals surface area contributed by atoms with Gasteiger partial charge < -0.3 is 10.3 Å². The van der Waals surface area contributed by atoms with Crippen LogP contribution in [0.25, 0.3) is 11.0 Å². The van der Waals surface area contributed by atoms with Crippen molar-refractivity contribution in [1.29, 1.82) is 0 Å². The number of carbonyl (C=O) groups is 1. The molecule has 0 aliphatic heterocycles. The van der Waals surface area contributed by atoms with Gasteiger partial charge in [0, 0.05) is 13.0 Å². The molecule has 0 spiro atoms. The molecule has 4 aromatic rings. The number of aromatic amines is 1. The Morgan fingerprint density at radius 3 is 2.52 bits per heavy atom. The van der Waals surface area contributed by atoms with Crippen LogP contribution in [0.1, 0.15) is 23.6 Å². The Bertz CT molecular complexity index is 1390. The minimum Gasteiger partial charge on any atom is -0.345 e. The van der Waals surface area contributed by atoms with Crippen LogP contribution in [0.4, 0.5) is 8.78 Å². The van der Waals surface area contributed by atoms with Gasteiger partial charge >= 0.3 is 0 Å². The molecule has 1 amide bonds. The van der Waals surface area contributed by atoms with E-state index in [0.29, 0.717) is 6.07 Å². The van der Waals surface area contributed by atoms with E-state index in [1.165, 1.54) is 0 Å². The van der Waals surface area contributed by atoms with Crippen molar-refractivity contribution in [1.82, 2.24) is 20.0 Å². The van der Waals surface area contributed by atoms with E-state index in [1.54, 1.807) is 6.33 Å². The minimum absolute atomic E-state index is 0.154. The maximum Gasteiger partial charge on any atom is 0.240 e. The van der Waals surface area contributed by atoms with Gasteiger partial charge in [0.05, 0.1) is 28.3 Å². The normalized spacial score (nSPS) is 12.5. The van der Waals surface area contributed by atoms with Gasteiger partial charge in [0.1, 0.15) is 0 Å². The topological polar surface area (TPSA) is 104 Å². The Morgan fingerprint density at radius 1 is 0.970 bits per heavy atom. The van der Waals surface area contributed by atoms with E-state index in [9.17, 15) is 22.0 Å². The maximum atomic E-state index is 13.4. The third-order valence-corrected chi connectivity index (χ3v) is 6.52. The molecule has 0 fully saturated rings. The number of sulfonamides is 1. The number of hydrogen-bond donors (Lipinski definition) is 3. The number of aromatic nitrogens is 2. The fourth-order valence-electron chi connectivity index (χ4n) is 3.40. The molecule has 0 aliphatic carbocycles. The number of nitrogens with one attached hydrogen (secondary N) is 3. The highest BCUT2D eigenvalue weighted by atomic mass is 32.2. The molecule has 1 heterocycles. The highest BCUT2D eigenvalue weighted by Crippen LogP contribution is 2.24. The Kier molecular flexibility index (Phi) is 6.47. The first-order valence-corrected chi connectivity index (χ1v) is 11.5. The molecular weight excluding hydrogens is 450 g/mol. The van der Waals surface area contributed by atoms with E-state index < -0.39 is 32.6 Å². The first kappa shape index (κ1) is 22.6. The molecule has 10 heteroatoms. The second-order valence-electron chi connectivity index (χ2n) is 7.31. The Hall–Kier alpha value is -3.63. The SMILES string of the molecule is O=C(CCNS(=O)(=O)c1ccc(F)c(F)c1)NC(c1ccccc1)c1ccc2nc[nH]c2c1. The Labute approximate surface area is 188 Å². The average molecular weight is 471 g/mol. The summed E-state index contributed by atoms with van der Waals surface area (Å²) in [6.45, 7) is -0.214. The predicted molar refractivity (Wildman–Crippen MR) is 119 cm³/mol. The van der Waals surface area contributed by atoms with Crippen LogP contribution in [0.15, 0.2) is 78.0 Å². The van der Waals surface area contributed by atoms with Crippen molar-refractivity contribution in [3.8, 4) is 0 Å². The van der Waals surface area contributed by atoms with Gasteiger partial charge in [0.15, 0.2) is 11.6 Å². The first-order chi connectivity index (χ1) is 15.8. The van der Waals surface area contributed by atoms with E-state index in [4.69, 9.17) is 0 Å². The van der Waals surface area contributed by atoms with Crippen molar-refractivity contribution < 1.29 is 22.0 Å². The summed E-state index contributed by atoms with van der Waals surface area (Å²) in [6, 6.07) is 16.8. The summed E-state index contributed by atoms with van der Waals surface area (Å²) in [6.07, 6.45) is 1.43. The number of imidazole rings is 1. The number of fused-ring (bicyclic) bond motifs is 1. The van der Waals surface area contributed by atoms with Gasteiger partial charge in [0.25, 0.3) is 0 Å². The van der Waals surface area contributed by atoms with Crippen LogP contribution in [-0.2, 0) is 14.8 Å². The van der Waals surface area contributed by atoms with Crippen LogP contribution in [0.5, 0.6) is 0 Å². The van der Waals surface area contributed by atoms with E-state index in [2.05, 4.69) is 20.0 Å².